The van der Waals surface area contributed by atoms with E-state index < -0.39 is 0 Å². The monoisotopic (exact) mass is 836 g/mol. The van der Waals surface area contributed by atoms with Crippen molar-refractivity contribution in [1.29, 1.82) is 0 Å². The number of hydrogen-bond donors (Lipinski definition) is 0. The average molecular weight is 837 g/mol. The molecule has 0 saturated heterocycles. The van der Waals surface area contributed by atoms with Crippen molar-refractivity contribution in [2.75, 3.05) is 0 Å². The number of hydrogen-bond acceptors (Lipinski definition) is 9. The largest absolute Gasteiger partial charge is 0.416 e. The van der Waals surface area contributed by atoms with Gasteiger partial charge < -0.3 is 4.42 Å². The molecule has 65 heavy (non-hydrogen) atoms. The SMILES string of the molecule is c1ccc(-c2nc(-c3cccc(-c4nnc(-c5cccc(-c6nc(-c7ccccc7)nc(-c7ccccc7-c7ccccc7)n6)c5)o4)c3)nc(-c3ccccc3-c3ccccc3)n2)cc1. The molecule has 9 heteroatoms. The zero-order valence-corrected chi connectivity index (χ0v) is 34.8. The first-order valence-electron chi connectivity index (χ1n) is 21.2. The van der Waals surface area contributed by atoms with E-state index in [-0.39, 0.29) is 0 Å². The van der Waals surface area contributed by atoms with Crippen molar-refractivity contribution in [2.45, 2.75) is 0 Å². The molecule has 0 N–H and O–H groups in total. The van der Waals surface area contributed by atoms with Gasteiger partial charge in [0, 0.05) is 44.5 Å². The molecule has 8 aromatic carbocycles. The fraction of sp³-hybridized carbons (Fsp3) is 0. The lowest BCUT2D eigenvalue weighted by molar-refractivity contribution is 0.584. The van der Waals surface area contributed by atoms with Crippen LogP contribution in [0.5, 0.6) is 0 Å². The molecule has 0 unspecified atom stereocenters. The van der Waals surface area contributed by atoms with Gasteiger partial charge in [-0.3, -0.25) is 0 Å². The molecule has 11 rings (SSSR count). The van der Waals surface area contributed by atoms with Crippen LogP contribution in [0.15, 0.2) is 223 Å². The smallest absolute Gasteiger partial charge is 0.248 e. The van der Waals surface area contributed by atoms with Crippen LogP contribution >= 0.6 is 0 Å². The quantitative estimate of drug-likeness (QED) is 0.133. The van der Waals surface area contributed by atoms with Crippen LogP contribution in [0.2, 0.25) is 0 Å². The lowest BCUT2D eigenvalue weighted by atomic mass is 9.99. The zero-order valence-electron chi connectivity index (χ0n) is 34.8. The summed E-state index contributed by atoms with van der Waals surface area (Å²) in [7, 11) is 0. The van der Waals surface area contributed by atoms with Crippen molar-refractivity contribution < 1.29 is 4.42 Å². The van der Waals surface area contributed by atoms with Gasteiger partial charge in [-0.2, -0.15) is 0 Å². The highest BCUT2D eigenvalue weighted by Gasteiger charge is 2.19. The summed E-state index contributed by atoms with van der Waals surface area (Å²) in [5.74, 6) is 4.02. The van der Waals surface area contributed by atoms with E-state index in [4.69, 9.17) is 34.3 Å². The van der Waals surface area contributed by atoms with Crippen LogP contribution in [0.25, 0.3) is 113 Å². The lowest BCUT2D eigenvalue weighted by Crippen LogP contribution is -2.01. The molecule has 306 valence electrons. The average Bonchev–Trinajstić information content (AvgIpc) is 3.91. The predicted molar refractivity (Wildman–Crippen MR) is 255 cm³/mol. The molecule has 3 heterocycles. The van der Waals surface area contributed by atoms with Gasteiger partial charge in [0.2, 0.25) is 11.8 Å². The van der Waals surface area contributed by atoms with E-state index in [2.05, 4.69) is 58.7 Å². The summed E-state index contributed by atoms with van der Waals surface area (Å²) in [5, 5.41) is 9.02. The van der Waals surface area contributed by atoms with Crippen LogP contribution < -0.4 is 0 Å². The van der Waals surface area contributed by atoms with Gasteiger partial charge in [-0.25, -0.2) is 29.9 Å². The highest BCUT2D eigenvalue weighted by Crippen LogP contribution is 2.36. The molecule has 0 aliphatic carbocycles. The molecule has 0 bridgehead atoms. The summed E-state index contributed by atoms with van der Waals surface area (Å²) >= 11 is 0. The molecular formula is C56H36N8O. The number of benzene rings is 8. The molecule has 0 spiro atoms. The third-order valence-corrected chi connectivity index (χ3v) is 11.0. The fourth-order valence-electron chi connectivity index (χ4n) is 7.82. The Labute approximate surface area is 375 Å². The molecule has 11 aromatic rings. The lowest BCUT2D eigenvalue weighted by Gasteiger charge is -2.12. The van der Waals surface area contributed by atoms with Gasteiger partial charge in [0.05, 0.1) is 0 Å². The third kappa shape index (κ3) is 8.09. The first-order valence-corrected chi connectivity index (χ1v) is 21.2. The summed E-state index contributed by atoms with van der Waals surface area (Å²) in [5.41, 5.74) is 10.8. The van der Waals surface area contributed by atoms with Crippen molar-refractivity contribution in [1.82, 2.24) is 40.1 Å². The third-order valence-electron chi connectivity index (χ3n) is 11.0. The molecule has 0 aliphatic rings. The topological polar surface area (TPSA) is 116 Å². The Bertz CT molecular complexity index is 3210. The summed E-state index contributed by atoms with van der Waals surface area (Å²) in [6, 6.07) is 72.4. The zero-order chi connectivity index (χ0) is 43.4. The minimum atomic E-state index is 0.352. The second-order valence-electron chi connectivity index (χ2n) is 15.2. The van der Waals surface area contributed by atoms with E-state index in [1.165, 1.54) is 0 Å². The molecule has 0 fully saturated rings. The molecule has 3 aromatic heterocycles. The van der Waals surface area contributed by atoms with Gasteiger partial charge >= 0.3 is 0 Å². The highest BCUT2D eigenvalue weighted by molar-refractivity contribution is 5.83. The van der Waals surface area contributed by atoms with Gasteiger partial charge in [-0.15, -0.1) is 10.2 Å². The molecular weight excluding hydrogens is 801 g/mol. The fourth-order valence-corrected chi connectivity index (χ4v) is 7.82. The Morgan fingerprint density at radius 3 is 0.877 bits per heavy atom. The van der Waals surface area contributed by atoms with Crippen LogP contribution in [0.3, 0.4) is 0 Å². The van der Waals surface area contributed by atoms with Gasteiger partial charge in [0.15, 0.2) is 34.9 Å². The van der Waals surface area contributed by atoms with Crippen LogP contribution in [-0.4, -0.2) is 40.1 Å². The Morgan fingerprint density at radius 2 is 0.492 bits per heavy atom. The van der Waals surface area contributed by atoms with E-state index in [9.17, 15) is 0 Å². The molecule has 0 amide bonds. The van der Waals surface area contributed by atoms with Gasteiger partial charge in [-0.1, -0.05) is 194 Å². The van der Waals surface area contributed by atoms with Crippen molar-refractivity contribution >= 4 is 0 Å². The molecule has 0 aliphatic heterocycles. The summed E-state index contributed by atoms with van der Waals surface area (Å²) in [6.07, 6.45) is 0. The van der Waals surface area contributed by atoms with E-state index in [0.717, 1.165) is 66.8 Å². The van der Waals surface area contributed by atoms with E-state index in [0.29, 0.717) is 46.7 Å². The van der Waals surface area contributed by atoms with Crippen molar-refractivity contribution in [3.63, 3.8) is 0 Å². The second kappa shape index (κ2) is 17.4. The summed E-state index contributed by atoms with van der Waals surface area (Å²) in [4.78, 5) is 30.2. The minimum Gasteiger partial charge on any atom is -0.416 e. The Kier molecular flexibility index (Phi) is 10.4. The molecule has 9 nitrogen and oxygen atoms in total. The van der Waals surface area contributed by atoms with E-state index in [1.54, 1.807) is 0 Å². The second-order valence-corrected chi connectivity index (χ2v) is 15.2. The van der Waals surface area contributed by atoms with Crippen molar-refractivity contribution in [2.24, 2.45) is 0 Å². The standard InChI is InChI=1S/C56H36N8O/c1-5-19-37(20-6-1)45-31-13-15-33-47(45)53-59-49(39-23-9-3-10-24-39)57-51(61-53)41-27-17-29-43(35-41)55-63-64-56(65-55)44-30-18-28-42(36-44)52-58-50(40-25-11-4-12-26-40)60-54(62-52)48-34-16-14-32-46(48)38-21-7-2-8-22-38/h1-36H. The van der Waals surface area contributed by atoms with E-state index in [1.807, 2.05) is 170 Å². The van der Waals surface area contributed by atoms with Crippen molar-refractivity contribution in [3.05, 3.63) is 218 Å². The van der Waals surface area contributed by atoms with Crippen LogP contribution in [0, 0.1) is 0 Å². The first kappa shape index (κ1) is 38.8. The maximum Gasteiger partial charge on any atom is 0.248 e. The maximum absolute atomic E-state index is 6.41. The molecule has 0 radical (unpaired) electrons. The summed E-state index contributed by atoms with van der Waals surface area (Å²) in [6.45, 7) is 0. The van der Waals surface area contributed by atoms with Crippen LogP contribution in [0.4, 0.5) is 0 Å². The first-order chi connectivity index (χ1) is 32.2. The highest BCUT2D eigenvalue weighted by atomic mass is 16.4. The Balaban J connectivity index is 0.952. The normalized spacial score (nSPS) is 11.1. The molecule has 0 atom stereocenters. The van der Waals surface area contributed by atoms with Crippen LogP contribution in [-0.2, 0) is 0 Å². The van der Waals surface area contributed by atoms with Gasteiger partial charge in [0.1, 0.15) is 0 Å². The van der Waals surface area contributed by atoms with E-state index >= 15 is 0 Å². The molecule has 0 saturated carbocycles. The number of nitrogens with zero attached hydrogens (tertiary/aromatic N) is 8. The minimum absolute atomic E-state index is 0.352. The van der Waals surface area contributed by atoms with Crippen molar-refractivity contribution in [3.8, 4) is 113 Å². The number of aromatic nitrogens is 8. The number of rotatable bonds is 10. The Morgan fingerprint density at radius 1 is 0.215 bits per heavy atom. The van der Waals surface area contributed by atoms with Gasteiger partial charge in [-0.05, 0) is 46.5 Å². The predicted octanol–water partition coefficient (Wildman–Crippen LogP) is 13.1. The maximum atomic E-state index is 6.41. The summed E-state index contributed by atoms with van der Waals surface area (Å²) < 4.78 is 6.41. The van der Waals surface area contributed by atoms with Gasteiger partial charge in [0.25, 0.3) is 0 Å². The Hall–Kier alpha value is -9.08. The van der Waals surface area contributed by atoms with Crippen LogP contribution in [0.1, 0.15) is 0 Å².